The van der Waals surface area contributed by atoms with Crippen molar-refractivity contribution < 1.29 is 15.0 Å². The Labute approximate surface area is 108 Å². The van der Waals surface area contributed by atoms with E-state index in [4.69, 9.17) is 10.2 Å². The van der Waals surface area contributed by atoms with Crippen LogP contribution in [0.5, 0.6) is 0 Å². The molecular formula is C14H21NO3. The van der Waals surface area contributed by atoms with Crippen molar-refractivity contribution in [3.05, 3.63) is 35.4 Å². The van der Waals surface area contributed by atoms with Crippen LogP contribution >= 0.6 is 0 Å². The number of rotatable bonds is 7. The quantitative estimate of drug-likeness (QED) is 0.688. The molecule has 0 atom stereocenters. The highest BCUT2D eigenvalue weighted by atomic mass is 16.4. The predicted octanol–water partition coefficient (Wildman–Crippen LogP) is 1.56. The minimum atomic E-state index is -0.815. The molecule has 4 heteroatoms. The van der Waals surface area contributed by atoms with Crippen molar-refractivity contribution in [3.63, 3.8) is 0 Å². The third-order valence-corrected chi connectivity index (χ3v) is 2.89. The van der Waals surface area contributed by atoms with Gasteiger partial charge in [0.1, 0.15) is 0 Å². The Morgan fingerprint density at radius 3 is 2.28 bits per heavy atom. The fraction of sp³-hybridized carbons (Fsp3) is 0.500. The van der Waals surface area contributed by atoms with Crippen LogP contribution in [-0.2, 0) is 17.8 Å². The summed E-state index contributed by atoms with van der Waals surface area (Å²) < 4.78 is 0. The Balaban J connectivity index is 2.51. The molecule has 0 saturated heterocycles. The van der Waals surface area contributed by atoms with Crippen LogP contribution < -0.4 is 5.32 Å². The highest BCUT2D eigenvalue weighted by Gasteiger charge is 2.15. The zero-order chi connectivity index (χ0) is 13.6. The molecule has 0 unspecified atom stereocenters. The topological polar surface area (TPSA) is 69.6 Å². The summed E-state index contributed by atoms with van der Waals surface area (Å²) in [5.74, 6) is -0.815. The van der Waals surface area contributed by atoms with Gasteiger partial charge in [0.2, 0.25) is 0 Å². The Morgan fingerprint density at radius 2 is 1.78 bits per heavy atom. The summed E-state index contributed by atoms with van der Waals surface area (Å²) in [6.07, 6.45) is 0.758. The van der Waals surface area contributed by atoms with Crippen molar-refractivity contribution >= 4 is 5.97 Å². The molecule has 1 aromatic rings. The van der Waals surface area contributed by atoms with Gasteiger partial charge in [-0.2, -0.15) is 0 Å². The van der Waals surface area contributed by atoms with E-state index >= 15 is 0 Å². The van der Waals surface area contributed by atoms with Crippen molar-refractivity contribution in [2.75, 3.05) is 6.61 Å². The normalized spacial score (nSPS) is 11.5. The molecule has 0 radical (unpaired) electrons. The molecule has 0 fully saturated rings. The van der Waals surface area contributed by atoms with Crippen molar-refractivity contribution in [1.29, 1.82) is 0 Å². The van der Waals surface area contributed by atoms with Gasteiger partial charge in [0, 0.05) is 18.7 Å². The maximum Gasteiger partial charge on any atom is 0.307 e. The minimum Gasteiger partial charge on any atom is -0.481 e. The Bertz CT molecular complexity index is 385. The highest BCUT2D eigenvalue weighted by Crippen LogP contribution is 2.10. The second-order valence-electron chi connectivity index (χ2n) is 5.10. The van der Waals surface area contributed by atoms with Gasteiger partial charge in [-0.05, 0) is 31.4 Å². The van der Waals surface area contributed by atoms with Crippen LogP contribution in [0.1, 0.15) is 31.4 Å². The number of aliphatic carboxylic acids is 1. The molecule has 0 aliphatic carbocycles. The first-order chi connectivity index (χ1) is 8.43. The molecule has 0 heterocycles. The van der Waals surface area contributed by atoms with Crippen molar-refractivity contribution in [2.45, 2.75) is 38.8 Å². The average Bonchev–Trinajstić information content (AvgIpc) is 2.27. The van der Waals surface area contributed by atoms with Gasteiger partial charge in [0.15, 0.2) is 0 Å². The first-order valence-electron chi connectivity index (χ1n) is 6.08. The summed E-state index contributed by atoms with van der Waals surface area (Å²) in [6.45, 7) is 4.96. The van der Waals surface area contributed by atoms with Crippen LogP contribution in [0.15, 0.2) is 24.3 Å². The molecule has 4 nitrogen and oxygen atoms in total. The average molecular weight is 251 g/mol. The number of carbonyl (C=O) groups is 1. The Hall–Kier alpha value is -1.39. The lowest BCUT2D eigenvalue weighted by molar-refractivity contribution is -0.136. The lowest BCUT2D eigenvalue weighted by Gasteiger charge is -2.25. The standard InChI is InChI=1S/C14H21NO3/c1-14(2,7-8-16)15-10-12-5-3-11(4-6-12)9-13(17)18/h3-6,15-16H,7-10H2,1-2H3,(H,17,18). The third-order valence-electron chi connectivity index (χ3n) is 2.89. The molecule has 1 rings (SSSR count). The summed E-state index contributed by atoms with van der Waals surface area (Å²) in [4.78, 5) is 10.5. The number of nitrogens with one attached hydrogen (secondary N) is 1. The summed E-state index contributed by atoms with van der Waals surface area (Å²) in [7, 11) is 0. The first-order valence-corrected chi connectivity index (χ1v) is 6.08. The van der Waals surface area contributed by atoms with E-state index < -0.39 is 5.97 Å². The summed E-state index contributed by atoms with van der Waals surface area (Å²) >= 11 is 0. The minimum absolute atomic E-state index is 0.0592. The van der Waals surface area contributed by atoms with Crippen LogP contribution in [0, 0.1) is 0 Å². The zero-order valence-corrected chi connectivity index (χ0v) is 10.9. The van der Waals surface area contributed by atoms with E-state index in [1.54, 1.807) is 0 Å². The van der Waals surface area contributed by atoms with E-state index in [0.29, 0.717) is 13.0 Å². The number of hydrogen-bond donors (Lipinski definition) is 3. The SMILES string of the molecule is CC(C)(CCO)NCc1ccc(CC(=O)O)cc1. The van der Waals surface area contributed by atoms with Gasteiger partial charge in [-0.3, -0.25) is 4.79 Å². The van der Waals surface area contributed by atoms with Gasteiger partial charge in [-0.25, -0.2) is 0 Å². The number of aliphatic hydroxyl groups excluding tert-OH is 1. The molecule has 0 aliphatic rings. The fourth-order valence-corrected chi connectivity index (χ4v) is 1.66. The summed E-state index contributed by atoms with van der Waals surface area (Å²) in [5.41, 5.74) is 1.81. The van der Waals surface area contributed by atoms with Gasteiger partial charge in [0.05, 0.1) is 6.42 Å². The first kappa shape index (κ1) is 14.7. The van der Waals surface area contributed by atoms with Crippen LogP contribution in [0.3, 0.4) is 0 Å². The number of benzene rings is 1. The molecule has 18 heavy (non-hydrogen) atoms. The van der Waals surface area contributed by atoms with E-state index in [1.165, 1.54) is 0 Å². The smallest absolute Gasteiger partial charge is 0.307 e. The number of carboxylic acid groups (broad SMARTS) is 1. The van der Waals surface area contributed by atoms with Gasteiger partial charge < -0.3 is 15.5 Å². The number of hydrogen-bond acceptors (Lipinski definition) is 3. The molecule has 0 saturated carbocycles. The van der Waals surface area contributed by atoms with Crippen LogP contribution in [0.2, 0.25) is 0 Å². The summed E-state index contributed by atoms with van der Waals surface area (Å²) in [5, 5.41) is 21.0. The van der Waals surface area contributed by atoms with Gasteiger partial charge in [-0.15, -0.1) is 0 Å². The molecular weight excluding hydrogens is 230 g/mol. The lowest BCUT2D eigenvalue weighted by atomic mass is 10.0. The monoisotopic (exact) mass is 251 g/mol. The van der Waals surface area contributed by atoms with E-state index in [2.05, 4.69) is 5.32 Å². The van der Waals surface area contributed by atoms with E-state index in [0.717, 1.165) is 11.1 Å². The molecule has 0 aromatic heterocycles. The van der Waals surface area contributed by atoms with Crippen molar-refractivity contribution in [2.24, 2.45) is 0 Å². The number of aliphatic hydroxyl groups is 1. The number of carboxylic acids is 1. The zero-order valence-electron chi connectivity index (χ0n) is 10.9. The van der Waals surface area contributed by atoms with E-state index in [-0.39, 0.29) is 18.6 Å². The molecule has 0 amide bonds. The van der Waals surface area contributed by atoms with Crippen molar-refractivity contribution in [1.82, 2.24) is 5.32 Å². The molecule has 3 N–H and O–H groups in total. The Kier molecular flexibility index (Phi) is 5.31. The second kappa shape index (κ2) is 6.52. The molecule has 1 aromatic carbocycles. The van der Waals surface area contributed by atoms with Crippen LogP contribution in [0.4, 0.5) is 0 Å². The van der Waals surface area contributed by atoms with Crippen LogP contribution in [-0.4, -0.2) is 28.3 Å². The Morgan fingerprint density at radius 1 is 1.22 bits per heavy atom. The van der Waals surface area contributed by atoms with Crippen molar-refractivity contribution in [3.8, 4) is 0 Å². The molecule has 0 bridgehead atoms. The van der Waals surface area contributed by atoms with E-state index in [1.807, 2.05) is 38.1 Å². The van der Waals surface area contributed by atoms with Crippen LogP contribution in [0.25, 0.3) is 0 Å². The second-order valence-corrected chi connectivity index (χ2v) is 5.10. The molecule has 100 valence electrons. The van der Waals surface area contributed by atoms with E-state index in [9.17, 15) is 4.79 Å². The third kappa shape index (κ3) is 5.29. The summed E-state index contributed by atoms with van der Waals surface area (Å²) in [6, 6.07) is 7.54. The maximum atomic E-state index is 10.5. The molecule has 0 aliphatic heterocycles. The largest absolute Gasteiger partial charge is 0.481 e. The lowest BCUT2D eigenvalue weighted by Crippen LogP contribution is -2.39. The fourth-order valence-electron chi connectivity index (χ4n) is 1.66. The van der Waals surface area contributed by atoms with Gasteiger partial charge in [0.25, 0.3) is 0 Å². The molecule has 0 spiro atoms. The predicted molar refractivity (Wildman–Crippen MR) is 70.4 cm³/mol. The van der Waals surface area contributed by atoms with Gasteiger partial charge >= 0.3 is 5.97 Å². The van der Waals surface area contributed by atoms with Gasteiger partial charge in [-0.1, -0.05) is 24.3 Å². The maximum absolute atomic E-state index is 10.5. The highest BCUT2D eigenvalue weighted by molar-refractivity contribution is 5.70.